The summed E-state index contributed by atoms with van der Waals surface area (Å²) < 4.78 is 2.51. The summed E-state index contributed by atoms with van der Waals surface area (Å²) >= 11 is 3.29. The highest BCUT2D eigenvalue weighted by atomic mass is 79.9. The molecular weight excluding hydrogens is 398 g/mol. The van der Waals surface area contributed by atoms with E-state index >= 15 is 0 Å². The summed E-state index contributed by atoms with van der Waals surface area (Å²) in [6, 6.07) is 7.38. The van der Waals surface area contributed by atoms with Crippen LogP contribution in [0, 0.1) is 13.8 Å². The number of amides is 1. The summed E-state index contributed by atoms with van der Waals surface area (Å²) in [5.74, 6) is 1.12. The van der Waals surface area contributed by atoms with Gasteiger partial charge >= 0.3 is 0 Å². The van der Waals surface area contributed by atoms with Crippen LogP contribution in [0.4, 0.5) is 5.82 Å². The normalized spacial score (nSPS) is 10.6. The number of anilines is 1. The van der Waals surface area contributed by atoms with E-state index in [0.29, 0.717) is 30.3 Å². The maximum Gasteiger partial charge on any atom is 0.252 e. The predicted octanol–water partition coefficient (Wildman–Crippen LogP) is 2.28. The van der Waals surface area contributed by atoms with Crippen molar-refractivity contribution >= 4 is 27.7 Å². The third kappa shape index (κ3) is 4.42. The fraction of sp³-hybridized carbons (Fsp3) is 0.235. The molecular formula is C17H18BrN7O. The first kappa shape index (κ1) is 18.0. The van der Waals surface area contributed by atoms with E-state index in [0.717, 1.165) is 15.9 Å². The van der Waals surface area contributed by atoms with E-state index in [9.17, 15) is 4.79 Å². The molecule has 0 bridgehead atoms. The summed E-state index contributed by atoms with van der Waals surface area (Å²) in [5, 5.41) is 18.6. The molecule has 0 spiro atoms. The maximum absolute atomic E-state index is 12.0. The number of aromatic nitrogens is 5. The molecule has 3 aromatic rings. The quantitative estimate of drug-likeness (QED) is 0.599. The SMILES string of the molecule is Cc1cc(C)n(-c2ccc(NCCNC(=O)c3cncc(Br)c3)nn2)n1. The van der Waals surface area contributed by atoms with Crippen molar-refractivity contribution in [2.45, 2.75) is 13.8 Å². The van der Waals surface area contributed by atoms with E-state index < -0.39 is 0 Å². The monoisotopic (exact) mass is 415 g/mol. The first-order chi connectivity index (χ1) is 12.5. The molecule has 2 N–H and O–H groups in total. The molecule has 3 rings (SSSR count). The Morgan fingerprint density at radius 3 is 2.65 bits per heavy atom. The van der Waals surface area contributed by atoms with E-state index in [1.807, 2.05) is 32.0 Å². The van der Waals surface area contributed by atoms with Crippen LogP contribution in [0.1, 0.15) is 21.7 Å². The predicted molar refractivity (Wildman–Crippen MR) is 101 cm³/mol. The van der Waals surface area contributed by atoms with Gasteiger partial charge in [0, 0.05) is 35.6 Å². The molecule has 0 unspecified atom stereocenters. The van der Waals surface area contributed by atoms with Gasteiger partial charge in [0.25, 0.3) is 5.91 Å². The number of hydrogen-bond donors (Lipinski definition) is 2. The smallest absolute Gasteiger partial charge is 0.252 e. The molecule has 26 heavy (non-hydrogen) atoms. The van der Waals surface area contributed by atoms with Crippen LogP contribution >= 0.6 is 15.9 Å². The molecule has 0 aliphatic heterocycles. The molecule has 0 saturated heterocycles. The number of carbonyl (C=O) groups excluding carboxylic acids is 1. The van der Waals surface area contributed by atoms with Crippen molar-refractivity contribution in [1.82, 2.24) is 30.3 Å². The van der Waals surface area contributed by atoms with Crippen LogP contribution < -0.4 is 10.6 Å². The van der Waals surface area contributed by atoms with Gasteiger partial charge in [-0.3, -0.25) is 9.78 Å². The average molecular weight is 416 g/mol. The second kappa shape index (κ2) is 8.05. The van der Waals surface area contributed by atoms with Crippen molar-refractivity contribution in [1.29, 1.82) is 0 Å². The standard InChI is InChI=1S/C17H18BrN7O/c1-11-7-12(2)25(24-11)16-4-3-15(22-23-16)20-5-6-21-17(26)13-8-14(18)10-19-9-13/h3-4,7-10H,5-6H2,1-2H3,(H,20,22)(H,21,26). The molecule has 0 atom stereocenters. The lowest BCUT2D eigenvalue weighted by Crippen LogP contribution is -2.29. The van der Waals surface area contributed by atoms with Gasteiger partial charge in [0.2, 0.25) is 0 Å². The van der Waals surface area contributed by atoms with Crippen LogP contribution in [0.25, 0.3) is 5.82 Å². The molecule has 0 aliphatic carbocycles. The molecule has 0 saturated carbocycles. The number of pyridine rings is 1. The minimum atomic E-state index is -0.174. The molecule has 0 aromatic carbocycles. The Balaban J connectivity index is 1.49. The summed E-state index contributed by atoms with van der Waals surface area (Å²) in [6.07, 6.45) is 3.16. The van der Waals surface area contributed by atoms with Gasteiger partial charge in [-0.25, -0.2) is 4.68 Å². The van der Waals surface area contributed by atoms with Gasteiger partial charge in [0.05, 0.1) is 11.3 Å². The van der Waals surface area contributed by atoms with Crippen LogP contribution in [0.2, 0.25) is 0 Å². The zero-order valence-electron chi connectivity index (χ0n) is 14.4. The van der Waals surface area contributed by atoms with Gasteiger partial charge in [-0.1, -0.05) is 0 Å². The molecule has 0 fully saturated rings. The lowest BCUT2D eigenvalue weighted by Gasteiger charge is -2.08. The molecule has 8 nitrogen and oxygen atoms in total. The fourth-order valence-electron chi connectivity index (χ4n) is 2.40. The van der Waals surface area contributed by atoms with Gasteiger partial charge in [0.15, 0.2) is 5.82 Å². The van der Waals surface area contributed by atoms with Crippen molar-refractivity contribution in [3.05, 3.63) is 58.1 Å². The Morgan fingerprint density at radius 2 is 2.00 bits per heavy atom. The van der Waals surface area contributed by atoms with Gasteiger partial charge in [0.1, 0.15) is 5.82 Å². The number of aryl methyl sites for hydroxylation is 2. The maximum atomic E-state index is 12.0. The number of hydrogen-bond acceptors (Lipinski definition) is 6. The van der Waals surface area contributed by atoms with Crippen molar-refractivity contribution in [3.8, 4) is 5.82 Å². The Labute approximate surface area is 159 Å². The lowest BCUT2D eigenvalue weighted by molar-refractivity contribution is 0.0954. The summed E-state index contributed by atoms with van der Waals surface area (Å²) in [4.78, 5) is 16.0. The minimum Gasteiger partial charge on any atom is -0.367 e. The first-order valence-electron chi connectivity index (χ1n) is 8.03. The van der Waals surface area contributed by atoms with Crippen molar-refractivity contribution in [3.63, 3.8) is 0 Å². The topological polar surface area (TPSA) is 97.6 Å². The summed E-state index contributed by atoms with van der Waals surface area (Å²) in [7, 11) is 0. The van der Waals surface area contributed by atoms with Crippen LogP contribution in [0.15, 0.2) is 41.1 Å². The van der Waals surface area contributed by atoms with Gasteiger partial charge in [-0.15, -0.1) is 10.2 Å². The zero-order valence-corrected chi connectivity index (χ0v) is 16.0. The van der Waals surface area contributed by atoms with Gasteiger partial charge in [-0.2, -0.15) is 5.10 Å². The highest BCUT2D eigenvalue weighted by Gasteiger charge is 2.07. The summed E-state index contributed by atoms with van der Waals surface area (Å²) in [5.41, 5.74) is 2.44. The fourth-order valence-corrected chi connectivity index (χ4v) is 2.76. The van der Waals surface area contributed by atoms with E-state index in [-0.39, 0.29) is 5.91 Å². The van der Waals surface area contributed by atoms with Gasteiger partial charge in [-0.05, 0) is 54.0 Å². The molecule has 1 amide bonds. The van der Waals surface area contributed by atoms with E-state index in [1.165, 1.54) is 6.20 Å². The molecule has 0 radical (unpaired) electrons. The van der Waals surface area contributed by atoms with Crippen molar-refractivity contribution < 1.29 is 4.79 Å². The Kier molecular flexibility index (Phi) is 5.57. The highest BCUT2D eigenvalue weighted by Crippen LogP contribution is 2.11. The average Bonchev–Trinajstić information content (AvgIpc) is 2.97. The van der Waals surface area contributed by atoms with E-state index in [1.54, 1.807) is 16.9 Å². The molecule has 0 aliphatic rings. The zero-order chi connectivity index (χ0) is 18.5. The molecule has 3 aromatic heterocycles. The third-order valence-electron chi connectivity index (χ3n) is 3.56. The number of rotatable bonds is 6. The number of nitrogens with one attached hydrogen (secondary N) is 2. The Hall–Kier alpha value is -2.81. The Bertz CT molecular complexity index is 908. The van der Waals surface area contributed by atoms with Crippen LogP contribution in [0.5, 0.6) is 0 Å². The third-order valence-corrected chi connectivity index (χ3v) is 3.99. The van der Waals surface area contributed by atoms with Crippen LogP contribution in [-0.4, -0.2) is 44.0 Å². The first-order valence-corrected chi connectivity index (χ1v) is 8.82. The molecule has 3 heterocycles. The summed E-state index contributed by atoms with van der Waals surface area (Å²) in [6.45, 7) is 4.88. The molecule has 9 heteroatoms. The second-order valence-electron chi connectivity index (χ2n) is 5.69. The number of carbonyl (C=O) groups is 1. The highest BCUT2D eigenvalue weighted by molar-refractivity contribution is 9.10. The number of halogens is 1. The Morgan fingerprint density at radius 1 is 1.15 bits per heavy atom. The lowest BCUT2D eigenvalue weighted by atomic mass is 10.3. The van der Waals surface area contributed by atoms with Crippen LogP contribution in [0.3, 0.4) is 0 Å². The van der Waals surface area contributed by atoms with Gasteiger partial charge < -0.3 is 10.6 Å². The van der Waals surface area contributed by atoms with Crippen molar-refractivity contribution in [2.24, 2.45) is 0 Å². The molecule has 134 valence electrons. The van der Waals surface area contributed by atoms with E-state index in [4.69, 9.17) is 0 Å². The van der Waals surface area contributed by atoms with Crippen molar-refractivity contribution in [2.75, 3.05) is 18.4 Å². The minimum absolute atomic E-state index is 0.174. The van der Waals surface area contributed by atoms with E-state index in [2.05, 4.69) is 46.8 Å². The number of nitrogens with zero attached hydrogens (tertiary/aromatic N) is 5. The largest absolute Gasteiger partial charge is 0.367 e. The second-order valence-corrected chi connectivity index (χ2v) is 6.61. The van der Waals surface area contributed by atoms with Crippen LogP contribution in [-0.2, 0) is 0 Å².